The average Bonchev–Trinajstić information content (AvgIpc) is 3.16. The first-order valence-corrected chi connectivity index (χ1v) is 11.3. The van der Waals surface area contributed by atoms with E-state index in [4.69, 9.17) is 26.2 Å². The molecule has 2 aromatic heterocycles. The van der Waals surface area contributed by atoms with Gasteiger partial charge in [0.15, 0.2) is 0 Å². The van der Waals surface area contributed by atoms with Crippen molar-refractivity contribution in [3.8, 4) is 17.4 Å². The maximum absolute atomic E-state index is 12.8. The molecule has 0 saturated heterocycles. The van der Waals surface area contributed by atoms with E-state index in [1.807, 2.05) is 31.3 Å². The molecule has 0 unspecified atom stereocenters. The van der Waals surface area contributed by atoms with E-state index in [0.29, 0.717) is 36.4 Å². The van der Waals surface area contributed by atoms with Crippen molar-refractivity contribution in [3.63, 3.8) is 0 Å². The highest BCUT2D eigenvalue weighted by atomic mass is 35.5. The number of benzene rings is 2. The highest BCUT2D eigenvalue weighted by molar-refractivity contribution is 6.31. The number of aliphatic carboxylic acids is 1. The summed E-state index contributed by atoms with van der Waals surface area (Å²) in [5.74, 6) is -0.0187. The first kappa shape index (κ1) is 25.2. The molecule has 4 rings (SSSR count). The summed E-state index contributed by atoms with van der Waals surface area (Å²) >= 11 is 5.91. The Hall–Kier alpha value is -3.92. The Morgan fingerprint density at radius 3 is 2.50 bits per heavy atom. The number of ether oxygens (including phenoxy) is 2. The van der Waals surface area contributed by atoms with Gasteiger partial charge in [-0.2, -0.15) is 13.2 Å². The van der Waals surface area contributed by atoms with Gasteiger partial charge in [0.25, 0.3) is 0 Å². The van der Waals surface area contributed by atoms with Crippen molar-refractivity contribution >= 4 is 34.2 Å². The number of rotatable bonds is 9. The molecule has 0 amide bonds. The van der Waals surface area contributed by atoms with E-state index in [1.165, 1.54) is 0 Å². The monoisotopic (exact) mass is 519 g/mol. The molecule has 188 valence electrons. The number of nitrogens with zero attached hydrogens (tertiary/aromatic N) is 2. The van der Waals surface area contributed by atoms with E-state index in [0.717, 1.165) is 22.5 Å². The number of hydrogen-bond donors (Lipinski definition) is 2. The van der Waals surface area contributed by atoms with Gasteiger partial charge >= 0.3 is 12.1 Å². The number of hydrogen-bond acceptors (Lipinski definition) is 5. The van der Waals surface area contributed by atoms with Gasteiger partial charge in [0.05, 0.1) is 23.4 Å². The van der Waals surface area contributed by atoms with Crippen LogP contribution in [0, 0.1) is 0 Å². The highest BCUT2D eigenvalue weighted by Crippen LogP contribution is 2.35. The van der Waals surface area contributed by atoms with Gasteiger partial charge < -0.3 is 14.6 Å². The minimum atomic E-state index is -4.55. The first-order valence-electron chi connectivity index (χ1n) is 10.9. The SMILES string of the molecule is CCOc1ccc2c(CCC(=O)O)cn(Nc3ccc(Oc4ncc(C(F)(F)F)cc4Cl)cc3)c2c1. The quantitative estimate of drug-likeness (QED) is 0.253. The topological polar surface area (TPSA) is 85.6 Å². The summed E-state index contributed by atoms with van der Waals surface area (Å²) in [4.78, 5) is 14.7. The van der Waals surface area contributed by atoms with Crippen LogP contribution in [0.15, 0.2) is 60.9 Å². The zero-order valence-corrected chi connectivity index (χ0v) is 19.7. The van der Waals surface area contributed by atoms with Crippen molar-refractivity contribution in [2.45, 2.75) is 25.9 Å². The third kappa shape index (κ3) is 5.83. The number of carboxylic acid groups (broad SMARTS) is 1. The fourth-order valence-electron chi connectivity index (χ4n) is 3.57. The van der Waals surface area contributed by atoms with Gasteiger partial charge in [-0.3, -0.25) is 14.9 Å². The largest absolute Gasteiger partial charge is 0.494 e. The van der Waals surface area contributed by atoms with Crippen LogP contribution in [0.1, 0.15) is 24.5 Å². The maximum atomic E-state index is 12.8. The van der Waals surface area contributed by atoms with Crippen molar-refractivity contribution in [1.82, 2.24) is 9.66 Å². The first-order chi connectivity index (χ1) is 17.1. The van der Waals surface area contributed by atoms with Gasteiger partial charge in [0.2, 0.25) is 5.88 Å². The number of halogens is 4. The number of alkyl halides is 3. The van der Waals surface area contributed by atoms with Crippen LogP contribution in [-0.4, -0.2) is 27.3 Å². The number of nitrogens with one attached hydrogen (secondary N) is 1. The summed E-state index contributed by atoms with van der Waals surface area (Å²) in [5.41, 5.74) is 4.63. The molecule has 7 nitrogen and oxygen atoms in total. The molecule has 36 heavy (non-hydrogen) atoms. The number of pyridine rings is 1. The molecule has 2 N–H and O–H groups in total. The normalized spacial score (nSPS) is 11.5. The van der Waals surface area contributed by atoms with Gasteiger partial charge in [-0.1, -0.05) is 11.6 Å². The zero-order chi connectivity index (χ0) is 25.9. The Morgan fingerprint density at radius 1 is 1.14 bits per heavy atom. The van der Waals surface area contributed by atoms with Gasteiger partial charge in [-0.05, 0) is 61.4 Å². The van der Waals surface area contributed by atoms with E-state index in [-0.39, 0.29) is 17.3 Å². The van der Waals surface area contributed by atoms with E-state index in [9.17, 15) is 18.0 Å². The number of fused-ring (bicyclic) bond motifs is 1. The summed E-state index contributed by atoms with van der Waals surface area (Å²) < 4.78 is 51.3. The smallest absolute Gasteiger partial charge is 0.417 e. The molecule has 0 fully saturated rings. The van der Waals surface area contributed by atoms with Crippen LogP contribution in [0.25, 0.3) is 10.9 Å². The Morgan fingerprint density at radius 2 is 1.86 bits per heavy atom. The Labute approximate surface area is 209 Å². The molecule has 0 aliphatic rings. The third-order valence-corrected chi connectivity index (χ3v) is 5.50. The van der Waals surface area contributed by atoms with E-state index < -0.39 is 17.7 Å². The van der Waals surface area contributed by atoms with Gasteiger partial charge in [0, 0.05) is 30.3 Å². The number of aromatic nitrogens is 2. The molecule has 2 aromatic carbocycles. The van der Waals surface area contributed by atoms with Crippen LogP contribution in [-0.2, 0) is 17.4 Å². The molecule has 0 aliphatic carbocycles. The Balaban J connectivity index is 1.55. The number of carboxylic acids is 1. The molecular formula is C25H21ClF3N3O4. The molecule has 0 bridgehead atoms. The number of anilines is 1. The lowest BCUT2D eigenvalue weighted by Crippen LogP contribution is -2.07. The summed E-state index contributed by atoms with van der Waals surface area (Å²) in [6.45, 7) is 2.39. The van der Waals surface area contributed by atoms with Crippen LogP contribution in [0.3, 0.4) is 0 Å². The van der Waals surface area contributed by atoms with Crippen LogP contribution >= 0.6 is 11.6 Å². The van der Waals surface area contributed by atoms with Crippen LogP contribution < -0.4 is 14.9 Å². The molecule has 0 aliphatic heterocycles. The van der Waals surface area contributed by atoms with Crippen LogP contribution in [0.4, 0.5) is 18.9 Å². The minimum Gasteiger partial charge on any atom is -0.494 e. The molecule has 0 spiro atoms. The van der Waals surface area contributed by atoms with Gasteiger partial charge in [-0.25, -0.2) is 4.98 Å². The van der Waals surface area contributed by atoms with E-state index in [2.05, 4.69) is 10.4 Å². The van der Waals surface area contributed by atoms with Crippen molar-refractivity contribution in [1.29, 1.82) is 0 Å². The molecule has 2 heterocycles. The lowest BCUT2D eigenvalue weighted by Gasteiger charge is -2.12. The maximum Gasteiger partial charge on any atom is 0.417 e. The summed E-state index contributed by atoms with van der Waals surface area (Å²) in [7, 11) is 0. The summed E-state index contributed by atoms with van der Waals surface area (Å²) in [6, 6.07) is 13.0. The minimum absolute atomic E-state index is 0.00109. The highest BCUT2D eigenvalue weighted by Gasteiger charge is 2.31. The van der Waals surface area contributed by atoms with Crippen LogP contribution in [0.5, 0.6) is 17.4 Å². The lowest BCUT2D eigenvalue weighted by atomic mass is 10.1. The second-order valence-corrected chi connectivity index (χ2v) is 8.18. The van der Waals surface area contributed by atoms with Gasteiger partial charge in [-0.15, -0.1) is 0 Å². The Kier molecular flexibility index (Phi) is 7.25. The van der Waals surface area contributed by atoms with E-state index in [1.54, 1.807) is 28.9 Å². The molecule has 11 heteroatoms. The standard InChI is InChI=1S/C25H21ClF3N3O4/c1-2-35-19-8-9-20-15(3-10-23(33)34)14-32(22(20)12-19)31-17-4-6-18(7-5-17)36-24-21(26)11-16(13-30-24)25(27,28)29/h4-9,11-14,31H,2-3,10H2,1H3,(H,33,34). The lowest BCUT2D eigenvalue weighted by molar-refractivity contribution is -0.138. The predicted octanol–water partition coefficient (Wildman–Crippen LogP) is 6.79. The van der Waals surface area contributed by atoms with Crippen molar-refractivity contribution in [2.75, 3.05) is 12.0 Å². The van der Waals surface area contributed by atoms with Crippen molar-refractivity contribution in [3.05, 3.63) is 77.1 Å². The molecule has 0 atom stereocenters. The predicted molar refractivity (Wildman–Crippen MR) is 129 cm³/mol. The second-order valence-electron chi connectivity index (χ2n) is 7.78. The second kappa shape index (κ2) is 10.4. The van der Waals surface area contributed by atoms with Crippen LogP contribution in [0.2, 0.25) is 5.02 Å². The Bertz CT molecular complexity index is 1390. The van der Waals surface area contributed by atoms with Gasteiger partial charge in [0.1, 0.15) is 16.5 Å². The molecular weight excluding hydrogens is 499 g/mol. The third-order valence-electron chi connectivity index (χ3n) is 5.23. The molecule has 0 radical (unpaired) electrons. The fraction of sp³-hybridized carbons (Fsp3) is 0.200. The molecule has 0 saturated carbocycles. The van der Waals surface area contributed by atoms with Crippen molar-refractivity contribution < 1.29 is 32.5 Å². The summed E-state index contributed by atoms with van der Waals surface area (Å²) in [6.07, 6.45) is -1.70. The molecule has 4 aromatic rings. The fourth-order valence-corrected chi connectivity index (χ4v) is 3.78. The number of carbonyl (C=O) groups is 1. The average molecular weight is 520 g/mol. The van der Waals surface area contributed by atoms with Crippen molar-refractivity contribution in [2.24, 2.45) is 0 Å². The summed E-state index contributed by atoms with van der Waals surface area (Å²) in [5, 5.41) is 9.72. The van der Waals surface area contributed by atoms with E-state index >= 15 is 0 Å². The zero-order valence-electron chi connectivity index (χ0n) is 19.0. The number of aryl methyl sites for hydroxylation is 1.